The van der Waals surface area contributed by atoms with E-state index in [1.807, 2.05) is 43.4 Å². The molecule has 0 bridgehead atoms. The molecule has 4 unspecified atom stereocenters. The Balaban J connectivity index is -0.00000112. The van der Waals surface area contributed by atoms with E-state index in [2.05, 4.69) is 86.9 Å². The minimum atomic E-state index is -0.963. The third-order valence-electron chi connectivity index (χ3n) is 12.7. The summed E-state index contributed by atoms with van der Waals surface area (Å²) >= 11 is 0. The van der Waals surface area contributed by atoms with Crippen LogP contribution in [0.15, 0.2) is 97.2 Å². The molecule has 16 nitrogen and oxygen atoms in total. The van der Waals surface area contributed by atoms with Crippen LogP contribution in [0.1, 0.15) is 232 Å². The molecule has 502 valence electrons. The van der Waals surface area contributed by atoms with Crippen molar-refractivity contribution in [1.82, 2.24) is 0 Å². The largest absolute Gasteiger partial charge is 0.481 e. The number of aliphatic hydroxyl groups excluding tert-OH is 3. The molecule has 0 aromatic heterocycles. The molecule has 0 aromatic rings. The number of hydrogen-bond donors (Lipinski definition) is 6. The van der Waals surface area contributed by atoms with Gasteiger partial charge in [0.25, 0.3) is 0 Å². The molecule has 90 heavy (non-hydrogen) atoms. The summed E-state index contributed by atoms with van der Waals surface area (Å²) in [6.07, 6.45) is 57.4. The van der Waals surface area contributed by atoms with Gasteiger partial charge >= 0.3 is 23.9 Å². The number of epoxide rings is 1. The summed E-state index contributed by atoms with van der Waals surface area (Å²) in [4.78, 5) is 69.4. The zero-order valence-corrected chi connectivity index (χ0v) is 54.8. The number of carboxylic acid groups (broad SMARTS) is 2. The Labute approximate surface area is 540 Å². The van der Waals surface area contributed by atoms with Crippen molar-refractivity contribution in [2.24, 2.45) is 0 Å². The van der Waals surface area contributed by atoms with Crippen molar-refractivity contribution in [1.29, 1.82) is 0 Å². The van der Waals surface area contributed by atoms with Crippen molar-refractivity contribution in [3.05, 3.63) is 97.2 Å². The third kappa shape index (κ3) is 77.2. The summed E-state index contributed by atoms with van der Waals surface area (Å²) in [5.74, 6) is 20.1. The number of carboxylic acids is 2. The van der Waals surface area contributed by atoms with Gasteiger partial charge in [-0.25, -0.2) is 4.89 Å². The molecule has 1 heterocycles. The lowest BCUT2D eigenvalue weighted by atomic mass is 10.1. The van der Waals surface area contributed by atoms with Crippen LogP contribution in [0.4, 0.5) is 0 Å². The average molecular weight is 1260 g/mol. The summed E-state index contributed by atoms with van der Waals surface area (Å²) < 4.78 is 14.2. The van der Waals surface area contributed by atoms with Gasteiger partial charge in [0.2, 0.25) is 11.6 Å². The first-order valence-electron chi connectivity index (χ1n) is 32.5. The topological polar surface area (TPSA) is 264 Å². The molecule has 0 radical (unpaired) electrons. The number of ether oxygens (including phenoxy) is 3. The third-order valence-corrected chi connectivity index (χ3v) is 12.7. The van der Waals surface area contributed by atoms with E-state index in [9.17, 15) is 33.9 Å². The fourth-order valence-corrected chi connectivity index (χ4v) is 7.53. The zero-order chi connectivity index (χ0) is 67.0. The molecule has 0 aromatic carbocycles. The number of ketones is 2. The fourth-order valence-electron chi connectivity index (χ4n) is 7.53. The molecule has 1 aliphatic rings. The lowest BCUT2D eigenvalue weighted by Crippen LogP contribution is -2.09. The summed E-state index contributed by atoms with van der Waals surface area (Å²) in [7, 11) is 2.85. The van der Waals surface area contributed by atoms with Crippen LogP contribution in [0.2, 0.25) is 0 Å². The molecule has 6 N–H and O–H groups in total. The Morgan fingerprint density at radius 1 is 0.522 bits per heavy atom. The average Bonchev–Trinajstić information content (AvgIpc) is 4.56. The van der Waals surface area contributed by atoms with E-state index >= 15 is 0 Å². The van der Waals surface area contributed by atoms with E-state index in [0.29, 0.717) is 38.7 Å². The van der Waals surface area contributed by atoms with Gasteiger partial charge in [0.15, 0.2) is 0 Å². The number of esters is 2. The number of rotatable bonds is 46. The fraction of sp³-hybridized carbons (Fsp3) is 0.595. The second kappa shape index (κ2) is 71.2. The maximum atomic E-state index is 11.3. The van der Waals surface area contributed by atoms with Crippen LogP contribution < -0.4 is 0 Å². The summed E-state index contributed by atoms with van der Waals surface area (Å²) in [5.41, 5.74) is 0. The molecule has 1 aliphatic heterocycles. The van der Waals surface area contributed by atoms with E-state index < -0.39 is 24.1 Å². The van der Waals surface area contributed by atoms with Gasteiger partial charge in [0.1, 0.15) is 12.2 Å². The normalized spacial score (nSPS) is 13.4. The molecule has 1 fully saturated rings. The number of carbonyl (C=O) groups excluding carboxylic acids is 4. The van der Waals surface area contributed by atoms with Crippen molar-refractivity contribution in [2.45, 2.75) is 257 Å². The highest BCUT2D eigenvalue weighted by molar-refractivity contribution is 6.04. The number of aliphatic hydroxyl groups is 3. The Hall–Kier alpha value is -6.86. The molecule has 1 rings (SSSR count). The van der Waals surface area contributed by atoms with E-state index in [4.69, 9.17) is 30.4 Å². The lowest BCUT2D eigenvalue weighted by molar-refractivity contribution is -0.267. The number of allylic oxidation sites excluding steroid dienone is 12. The highest BCUT2D eigenvalue weighted by Gasteiger charge is 2.18. The summed E-state index contributed by atoms with van der Waals surface area (Å²) in [5, 5.41) is 52.9. The number of unbranched alkanes of at least 4 members (excludes halogenated alkanes) is 20. The SMILES string of the molecule is CC/C=C/C(=O)C#CC/C=C\CCCCCCCC(=O)OC.CCC/C=C\C#C/C=C/C(CCCCCCCC(=O)O)OO.COC(=O)CCCCCCC/C=C\CC#CC(=O)/C=C/C1CO1.O=C(O)CCCCCCC/C=C\CC#CC(O)/C=C/C(O)CO. The van der Waals surface area contributed by atoms with E-state index in [0.717, 1.165) is 161 Å². The van der Waals surface area contributed by atoms with Crippen LogP contribution in [0.25, 0.3) is 0 Å². The van der Waals surface area contributed by atoms with Gasteiger partial charge in [0, 0.05) is 44.9 Å². The van der Waals surface area contributed by atoms with Gasteiger partial charge < -0.3 is 39.7 Å². The van der Waals surface area contributed by atoms with Gasteiger partial charge in [-0.2, -0.15) is 0 Å². The molecule has 4 atom stereocenters. The van der Waals surface area contributed by atoms with Crippen molar-refractivity contribution >= 4 is 35.4 Å². The van der Waals surface area contributed by atoms with E-state index in [1.165, 1.54) is 51.4 Å². The Kier molecular flexibility index (Phi) is 69.1. The number of carbonyl (C=O) groups is 6. The predicted molar refractivity (Wildman–Crippen MR) is 358 cm³/mol. The van der Waals surface area contributed by atoms with Gasteiger partial charge in [-0.15, -0.1) is 0 Å². The van der Waals surface area contributed by atoms with Gasteiger partial charge in [-0.3, -0.25) is 34.0 Å². The van der Waals surface area contributed by atoms with E-state index in [-0.39, 0.29) is 55.2 Å². The van der Waals surface area contributed by atoms with Gasteiger partial charge in [-0.05, 0) is 138 Å². The second-order valence-corrected chi connectivity index (χ2v) is 20.9. The molecule has 0 amide bonds. The maximum absolute atomic E-state index is 11.3. The van der Waals surface area contributed by atoms with Crippen molar-refractivity contribution < 1.29 is 78.7 Å². The maximum Gasteiger partial charge on any atom is 0.305 e. The Morgan fingerprint density at radius 2 is 0.967 bits per heavy atom. The van der Waals surface area contributed by atoms with Crippen molar-refractivity contribution in [2.75, 3.05) is 27.4 Å². The minimum Gasteiger partial charge on any atom is -0.481 e. The zero-order valence-electron chi connectivity index (χ0n) is 54.8. The molecule has 0 spiro atoms. The van der Waals surface area contributed by atoms with Crippen LogP contribution >= 0.6 is 0 Å². The van der Waals surface area contributed by atoms with Crippen LogP contribution in [0, 0.1) is 47.4 Å². The predicted octanol–water partition coefficient (Wildman–Crippen LogP) is 14.3. The molecule has 1 saturated heterocycles. The van der Waals surface area contributed by atoms with Gasteiger partial charge in [0.05, 0.1) is 39.6 Å². The number of hydrogen-bond acceptors (Lipinski definition) is 14. The Morgan fingerprint density at radius 3 is 1.41 bits per heavy atom. The number of methoxy groups -OCH3 is 2. The molecular formula is C74H110O16. The lowest BCUT2D eigenvalue weighted by Gasteiger charge is -2.07. The van der Waals surface area contributed by atoms with Crippen molar-refractivity contribution in [3.63, 3.8) is 0 Å². The highest BCUT2D eigenvalue weighted by Crippen LogP contribution is 2.13. The first-order valence-corrected chi connectivity index (χ1v) is 32.5. The quantitative estimate of drug-likeness (QED) is 0.00381. The van der Waals surface area contributed by atoms with Crippen LogP contribution in [-0.2, 0) is 47.9 Å². The van der Waals surface area contributed by atoms with Gasteiger partial charge in [-0.1, -0.05) is 194 Å². The Bertz CT molecular complexity index is 2360. The molecule has 0 aliphatic carbocycles. The summed E-state index contributed by atoms with van der Waals surface area (Å²) in [6, 6.07) is 0. The smallest absolute Gasteiger partial charge is 0.305 e. The second-order valence-electron chi connectivity index (χ2n) is 20.9. The summed E-state index contributed by atoms with van der Waals surface area (Å²) in [6.45, 7) is 4.44. The first-order chi connectivity index (χ1) is 43.7. The van der Waals surface area contributed by atoms with Crippen LogP contribution in [0.3, 0.4) is 0 Å². The monoisotopic (exact) mass is 1250 g/mol. The minimum absolute atomic E-state index is 0.118. The molecule has 0 saturated carbocycles. The van der Waals surface area contributed by atoms with Crippen LogP contribution in [0.5, 0.6) is 0 Å². The first kappa shape index (κ1) is 87.3. The van der Waals surface area contributed by atoms with Crippen LogP contribution in [-0.4, -0.2) is 118 Å². The molecular weight excluding hydrogens is 1140 g/mol. The van der Waals surface area contributed by atoms with Crippen molar-refractivity contribution in [3.8, 4) is 47.4 Å². The highest BCUT2D eigenvalue weighted by atomic mass is 17.1. The number of aliphatic carboxylic acids is 2. The standard InChI is InChI=1S/C19H26O4.C19H28O3.C18H28O5.C18H28O4/c1-22-19(21)13-11-9-7-5-3-2-4-6-8-10-12-17(20)14-15-18-16-23-18;1-3-4-15-18(20)16-13-11-9-7-5-6-8-10-12-14-17-19(21)22-2;19-15-17(21)14-13-16(20)11-9-7-5-3-1-2-4-6-8-10-12-18(22)23;1-2-3-4-5-6-8-11-14-17(22-21)15-12-9-7-10-13-16-18(19)20/h4,6,14-15,18H,2-3,5,7-9,11,13,16H2,1H3;4,7,9,15H,3,5-6,8,10-12,14,17H2,1-2H3;3,5,13-14,16-17,19-21H,1-2,4,6-8,10,12,15H2,(H,22,23);4-5,11,14,17,21H,2-3,7,9-10,12-13,15-16H2,1H3,(H,19,20)/b6-4-,15-14+;9-7-,15-4+;5-3-,14-13+;5-4-,14-11+. The molecule has 16 heteroatoms. The van der Waals surface area contributed by atoms with E-state index in [1.54, 1.807) is 18.2 Å².